The summed E-state index contributed by atoms with van der Waals surface area (Å²) < 4.78 is 5.84. The number of carbonyl (C=O) groups excluding carboxylic acids is 1. The molecule has 0 radical (unpaired) electrons. The minimum absolute atomic E-state index is 0.0558. The van der Waals surface area contributed by atoms with Crippen molar-refractivity contribution < 1.29 is 14.6 Å². The van der Waals surface area contributed by atoms with E-state index in [1.807, 2.05) is 0 Å². The molecule has 0 spiro atoms. The van der Waals surface area contributed by atoms with Crippen molar-refractivity contribution in [1.29, 1.82) is 0 Å². The lowest BCUT2D eigenvalue weighted by molar-refractivity contribution is 0.0587. The lowest BCUT2D eigenvalue weighted by Crippen LogP contribution is -2.08. The van der Waals surface area contributed by atoms with Gasteiger partial charge in [-0.15, -0.1) is 5.10 Å². The van der Waals surface area contributed by atoms with Crippen molar-refractivity contribution in [1.82, 2.24) is 19.7 Å². The van der Waals surface area contributed by atoms with Crippen LogP contribution in [0.5, 0.6) is 0 Å². The van der Waals surface area contributed by atoms with Crippen LogP contribution >= 0.6 is 0 Å². The molecule has 2 aromatic rings. The maximum Gasteiger partial charge on any atom is 0.377 e. The number of nitrogens with zero attached hydrogens (tertiary/aromatic N) is 4. The molecule has 18 heavy (non-hydrogen) atoms. The molecule has 0 aromatic carbocycles. The molecule has 0 fully saturated rings. The number of esters is 1. The Morgan fingerprint density at radius 3 is 2.94 bits per heavy atom. The Balaban J connectivity index is 2.43. The van der Waals surface area contributed by atoms with Crippen molar-refractivity contribution in [2.75, 3.05) is 7.11 Å². The van der Waals surface area contributed by atoms with Crippen LogP contribution in [0, 0.1) is 0 Å². The van der Waals surface area contributed by atoms with E-state index >= 15 is 0 Å². The zero-order valence-corrected chi connectivity index (χ0v) is 9.94. The number of methoxy groups -OCH3 is 1. The van der Waals surface area contributed by atoms with Gasteiger partial charge in [-0.3, -0.25) is 0 Å². The van der Waals surface area contributed by atoms with E-state index < -0.39 is 12.1 Å². The number of hydrogen-bond acceptors (Lipinski definition) is 6. The van der Waals surface area contributed by atoms with Crippen LogP contribution in [-0.4, -0.2) is 37.9 Å². The van der Waals surface area contributed by atoms with Gasteiger partial charge in [-0.1, -0.05) is 6.07 Å². The van der Waals surface area contributed by atoms with Crippen LogP contribution in [0.1, 0.15) is 29.2 Å². The topological polar surface area (TPSA) is 90.1 Å². The average molecular weight is 248 g/mol. The second-order valence-corrected chi connectivity index (χ2v) is 3.60. The molecule has 2 heterocycles. The van der Waals surface area contributed by atoms with Crippen LogP contribution in [0.4, 0.5) is 0 Å². The second kappa shape index (κ2) is 4.92. The highest BCUT2D eigenvalue weighted by Crippen LogP contribution is 2.18. The molecule has 0 aliphatic rings. The minimum atomic E-state index is -0.695. The summed E-state index contributed by atoms with van der Waals surface area (Å²) in [6.07, 6.45) is 2.22. The number of carbonyl (C=O) groups is 1. The monoisotopic (exact) mass is 248 g/mol. The summed E-state index contributed by atoms with van der Waals surface area (Å²) in [5, 5.41) is 13.6. The number of aliphatic hydroxyl groups excluding tert-OH is 1. The number of ether oxygens (including phenoxy) is 1. The molecule has 0 aliphatic carbocycles. The molecule has 7 nitrogen and oxygen atoms in total. The molecule has 0 bridgehead atoms. The van der Waals surface area contributed by atoms with Gasteiger partial charge in [0.1, 0.15) is 6.33 Å². The molecular weight excluding hydrogens is 236 g/mol. The average Bonchev–Trinajstić information content (AvgIpc) is 2.87. The van der Waals surface area contributed by atoms with E-state index in [2.05, 4.69) is 19.8 Å². The Morgan fingerprint density at radius 2 is 2.28 bits per heavy atom. The van der Waals surface area contributed by atoms with E-state index in [0.29, 0.717) is 11.4 Å². The van der Waals surface area contributed by atoms with Gasteiger partial charge >= 0.3 is 5.97 Å². The normalized spacial score (nSPS) is 12.2. The van der Waals surface area contributed by atoms with Gasteiger partial charge in [0, 0.05) is 11.8 Å². The standard InChI is InChI=1S/C11H12N4O3/c1-7(16)8-4-3-5-12-10(8)15-6-13-9(14-15)11(17)18-2/h3-7,16H,1-2H3/t7-/m1/s1. The lowest BCUT2D eigenvalue weighted by Gasteiger charge is -2.09. The van der Waals surface area contributed by atoms with Crippen LogP contribution in [0.2, 0.25) is 0 Å². The molecule has 0 aliphatic heterocycles. The van der Waals surface area contributed by atoms with E-state index in [4.69, 9.17) is 0 Å². The Morgan fingerprint density at radius 1 is 1.50 bits per heavy atom. The first-order valence-corrected chi connectivity index (χ1v) is 5.27. The Hall–Kier alpha value is -2.28. The van der Waals surface area contributed by atoms with E-state index in [1.165, 1.54) is 18.1 Å². The number of pyridine rings is 1. The molecule has 0 saturated carbocycles. The molecular formula is C11H12N4O3. The van der Waals surface area contributed by atoms with Crippen molar-refractivity contribution in [3.05, 3.63) is 36.0 Å². The van der Waals surface area contributed by atoms with Crippen molar-refractivity contribution >= 4 is 5.97 Å². The number of aliphatic hydroxyl groups is 1. The largest absolute Gasteiger partial charge is 0.463 e. The highest BCUT2D eigenvalue weighted by molar-refractivity contribution is 5.84. The number of hydrogen-bond donors (Lipinski definition) is 1. The summed E-state index contributed by atoms with van der Waals surface area (Å²) in [6.45, 7) is 1.62. The quantitative estimate of drug-likeness (QED) is 0.795. The maximum absolute atomic E-state index is 11.2. The molecule has 2 aromatic heterocycles. The zero-order chi connectivity index (χ0) is 13.1. The van der Waals surface area contributed by atoms with E-state index in [-0.39, 0.29) is 5.82 Å². The van der Waals surface area contributed by atoms with Gasteiger partial charge in [0.25, 0.3) is 5.82 Å². The molecule has 0 unspecified atom stereocenters. The first kappa shape index (κ1) is 12.2. The molecule has 0 amide bonds. The Labute approximate surface area is 103 Å². The highest BCUT2D eigenvalue weighted by atomic mass is 16.5. The van der Waals surface area contributed by atoms with E-state index in [9.17, 15) is 9.90 Å². The van der Waals surface area contributed by atoms with Crippen LogP contribution in [0.15, 0.2) is 24.7 Å². The summed E-state index contributed by atoms with van der Waals surface area (Å²) >= 11 is 0. The molecule has 94 valence electrons. The molecule has 0 saturated heterocycles. The van der Waals surface area contributed by atoms with Gasteiger partial charge in [0.2, 0.25) is 0 Å². The highest BCUT2D eigenvalue weighted by Gasteiger charge is 2.15. The van der Waals surface area contributed by atoms with Gasteiger partial charge in [-0.05, 0) is 13.0 Å². The lowest BCUT2D eigenvalue weighted by atomic mass is 10.1. The van der Waals surface area contributed by atoms with Gasteiger partial charge in [0.05, 0.1) is 13.2 Å². The fourth-order valence-corrected chi connectivity index (χ4v) is 1.48. The first-order chi connectivity index (χ1) is 8.63. The Kier molecular flexibility index (Phi) is 3.33. The van der Waals surface area contributed by atoms with Crippen molar-refractivity contribution in [2.24, 2.45) is 0 Å². The van der Waals surface area contributed by atoms with Gasteiger partial charge in [-0.2, -0.15) is 0 Å². The van der Waals surface area contributed by atoms with E-state index in [0.717, 1.165) is 0 Å². The first-order valence-electron chi connectivity index (χ1n) is 5.27. The van der Waals surface area contributed by atoms with Crippen molar-refractivity contribution in [3.63, 3.8) is 0 Å². The third-order valence-corrected chi connectivity index (χ3v) is 2.34. The van der Waals surface area contributed by atoms with E-state index in [1.54, 1.807) is 25.3 Å². The minimum Gasteiger partial charge on any atom is -0.463 e. The van der Waals surface area contributed by atoms with Crippen molar-refractivity contribution in [3.8, 4) is 5.82 Å². The summed E-state index contributed by atoms with van der Waals surface area (Å²) in [4.78, 5) is 19.2. The summed E-state index contributed by atoms with van der Waals surface area (Å²) in [5.41, 5.74) is 0.596. The SMILES string of the molecule is COC(=O)c1ncn(-c2ncccc2[C@@H](C)O)n1. The van der Waals surface area contributed by atoms with Crippen LogP contribution < -0.4 is 0 Å². The zero-order valence-electron chi connectivity index (χ0n) is 9.94. The van der Waals surface area contributed by atoms with Crippen molar-refractivity contribution in [2.45, 2.75) is 13.0 Å². The Bertz CT molecular complexity index is 565. The van der Waals surface area contributed by atoms with Gasteiger partial charge in [-0.25, -0.2) is 19.4 Å². The second-order valence-electron chi connectivity index (χ2n) is 3.60. The summed E-state index contributed by atoms with van der Waals surface area (Å²) in [6, 6.07) is 3.44. The van der Waals surface area contributed by atoms with Crippen LogP contribution in [-0.2, 0) is 4.74 Å². The molecule has 2 rings (SSSR count). The third kappa shape index (κ3) is 2.21. The van der Waals surface area contributed by atoms with Gasteiger partial charge < -0.3 is 9.84 Å². The van der Waals surface area contributed by atoms with Crippen LogP contribution in [0.25, 0.3) is 5.82 Å². The summed E-state index contributed by atoms with van der Waals surface area (Å²) in [5.74, 6) is -0.252. The predicted molar refractivity (Wildman–Crippen MR) is 61.1 cm³/mol. The number of rotatable bonds is 3. The maximum atomic E-state index is 11.2. The third-order valence-electron chi connectivity index (χ3n) is 2.34. The number of aromatic nitrogens is 4. The predicted octanol–water partition coefficient (Wildman–Crippen LogP) is 0.502. The summed E-state index contributed by atoms with van der Waals surface area (Å²) in [7, 11) is 1.25. The molecule has 1 N–H and O–H groups in total. The van der Waals surface area contributed by atoms with Gasteiger partial charge in [0.15, 0.2) is 5.82 Å². The fraction of sp³-hybridized carbons (Fsp3) is 0.273. The molecule has 7 heteroatoms. The van der Waals surface area contributed by atoms with Crippen LogP contribution in [0.3, 0.4) is 0 Å². The molecule has 1 atom stereocenters. The smallest absolute Gasteiger partial charge is 0.377 e. The fourth-order valence-electron chi connectivity index (χ4n) is 1.48.